The summed E-state index contributed by atoms with van der Waals surface area (Å²) in [5, 5.41) is 11.4. The molecule has 8 heteroatoms. The van der Waals surface area contributed by atoms with Crippen LogP contribution in [0.4, 0.5) is 11.4 Å². The summed E-state index contributed by atoms with van der Waals surface area (Å²) in [5.74, 6) is -0.523. The second-order valence-electron chi connectivity index (χ2n) is 8.65. The fraction of sp³-hybridized carbons (Fsp3) is 0.259. The number of anilines is 2. The second-order valence-corrected chi connectivity index (χ2v) is 8.65. The average molecular weight is 469 g/mol. The lowest BCUT2D eigenvalue weighted by Crippen LogP contribution is -2.30. The van der Waals surface area contributed by atoms with Crippen LogP contribution in [0.2, 0.25) is 0 Å². The number of amidine groups is 1. The maximum Gasteiger partial charge on any atom is 0.291 e. The Morgan fingerprint density at radius 2 is 1.91 bits per heavy atom. The Morgan fingerprint density at radius 3 is 2.71 bits per heavy atom. The highest BCUT2D eigenvalue weighted by Gasteiger charge is 2.27. The molecule has 0 aromatic heterocycles. The lowest BCUT2D eigenvalue weighted by molar-refractivity contribution is -0.117. The van der Waals surface area contributed by atoms with Crippen LogP contribution in [0.25, 0.3) is 0 Å². The number of amides is 1. The van der Waals surface area contributed by atoms with Crippen molar-refractivity contribution in [1.29, 1.82) is 5.41 Å². The molecule has 2 aliphatic heterocycles. The van der Waals surface area contributed by atoms with Crippen LogP contribution in [0.1, 0.15) is 36.8 Å². The molecule has 1 fully saturated rings. The molecule has 178 valence electrons. The van der Waals surface area contributed by atoms with Crippen LogP contribution in [-0.2, 0) is 9.53 Å². The summed E-state index contributed by atoms with van der Waals surface area (Å²) in [6.45, 7) is 1.89. The van der Waals surface area contributed by atoms with Gasteiger partial charge in [0, 0.05) is 24.3 Å². The zero-order valence-corrected chi connectivity index (χ0v) is 19.4. The van der Waals surface area contributed by atoms with Crippen LogP contribution in [-0.4, -0.2) is 42.8 Å². The lowest BCUT2D eigenvalue weighted by atomic mass is 9.94. The zero-order valence-electron chi connectivity index (χ0n) is 19.4. The third kappa shape index (κ3) is 4.87. The summed E-state index contributed by atoms with van der Waals surface area (Å²) in [6.07, 6.45) is 8.95. The number of aliphatic imine (C=N–C) groups is 2. The molecule has 4 N–H and O–H groups in total. The molecule has 0 spiro atoms. The van der Waals surface area contributed by atoms with Gasteiger partial charge in [-0.1, -0.05) is 48.6 Å². The molecule has 2 aromatic rings. The minimum atomic E-state index is -1.13. The number of nitrogens with zero attached hydrogens (tertiary/aromatic N) is 3. The molecule has 3 aliphatic rings. The minimum absolute atomic E-state index is 0.115. The van der Waals surface area contributed by atoms with Gasteiger partial charge in [-0.2, -0.15) is 4.99 Å². The van der Waals surface area contributed by atoms with E-state index in [-0.39, 0.29) is 11.9 Å². The monoisotopic (exact) mass is 468 g/mol. The third-order valence-electron chi connectivity index (χ3n) is 6.30. The molecular weight excluding hydrogens is 440 g/mol. The topological polar surface area (TPSA) is 116 Å². The van der Waals surface area contributed by atoms with Crippen LogP contribution >= 0.6 is 0 Å². The molecule has 1 saturated heterocycles. The van der Waals surface area contributed by atoms with E-state index in [4.69, 9.17) is 20.9 Å². The number of nitrogens with one attached hydrogen (secondary N) is 2. The number of benzene rings is 2. The van der Waals surface area contributed by atoms with Crippen molar-refractivity contribution in [2.45, 2.75) is 31.8 Å². The molecule has 35 heavy (non-hydrogen) atoms. The first kappa shape index (κ1) is 22.6. The van der Waals surface area contributed by atoms with Gasteiger partial charge in [0.2, 0.25) is 12.1 Å². The van der Waals surface area contributed by atoms with Crippen LogP contribution < -0.4 is 16.0 Å². The number of ether oxygens (including phenoxy) is 1. The molecule has 2 aromatic carbocycles. The van der Waals surface area contributed by atoms with E-state index in [2.05, 4.69) is 21.3 Å². The van der Waals surface area contributed by atoms with E-state index in [0.29, 0.717) is 17.0 Å². The lowest BCUT2D eigenvalue weighted by Gasteiger charge is -2.21. The highest BCUT2D eigenvalue weighted by atomic mass is 16.5. The van der Waals surface area contributed by atoms with Crippen LogP contribution in [0.5, 0.6) is 0 Å². The van der Waals surface area contributed by atoms with Crippen LogP contribution in [0.15, 0.2) is 82.3 Å². The van der Waals surface area contributed by atoms with Gasteiger partial charge < -0.3 is 20.7 Å². The predicted octanol–water partition coefficient (Wildman–Crippen LogP) is 3.99. The van der Waals surface area contributed by atoms with Gasteiger partial charge in [-0.15, -0.1) is 0 Å². The Balaban J connectivity index is 1.43. The summed E-state index contributed by atoms with van der Waals surface area (Å²) >= 11 is 0. The summed E-state index contributed by atoms with van der Waals surface area (Å²) in [4.78, 5) is 24.2. The van der Waals surface area contributed by atoms with Gasteiger partial charge in [-0.05, 0) is 49.5 Å². The molecule has 1 atom stereocenters. The van der Waals surface area contributed by atoms with Crippen molar-refractivity contribution in [3.05, 3.63) is 83.5 Å². The number of fused-ring (bicyclic) bond motifs is 1. The number of nitrogens with two attached hydrogens (primary N) is 1. The molecular formula is C27H28N6O2. The van der Waals surface area contributed by atoms with E-state index in [1.54, 1.807) is 0 Å². The fourth-order valence-corrected chi connectivity index (χ4v) is 4.60. The number of hydrogen-bond donors (Lipinski definition) is 3. The van der Waals surface area contributed by atoms with Crippen molar-refractivity contribution in [3.8, 4) is 0 Å². The van der Waals surface area contributed by atoms with Gasteiger partial charge in [0.25, 0.3) is 11.9 Å². The maximum atomic E-state index is 13.0. The first-order valence-corrected chi connectivity index (χ1v) is 11.9. The minimum Gasteiger partial charge on any atom is -0.407 e. The van der Waals surface area contributed by atoms with Crippen molar-refractivity contribution in [2.75, 3.05) is 23.3 Å². The van der Waals surface area contributed by atoms with Gasteiger partial charge in [-0.25, -0.2) is 4.99 Å². The fourth-order valence-electron chi connectivity index (χ4n) is 4.60. The number of carbonyl (C=O) groups excluding carboxylic acids is 1. The first-order chi connectivity index (χ1) is 17.1. The highest BCUT2D eigenvalue weighted by molar-refractivity contribution is 6.19. The van der Waals surface area contributed by atoms with Gasteiger partial charge in [-0.3, -0.25) is 10.2 Å². The van der Waals surface area contributed by atoms with Crippen molar-refractivity contribution in [2.24, 2.45) is 15.7 Å². The smallest absolute Gasteiger partial charge is 0.291 e. The first-order valence-electron chi connectivity index (χ1n) is 11.9. The zero-order chi connectivity index (χ0) is 24.2. The van der Waals surface area contributed by atoms with Crippen LogP contribution in [0.3, 0.4) is 0 Å². The standard InChI is InChI=1S/C27H28N6O2/c28-24(20-13-5-7-15-22(20)33-16-8-9-17-33)35-27(29)32-25-26(34)30-21-14-6-4-12-19(21)23(31-25)18-10-2-1-3-11-18/h1-2,4-7,10,12-15,25,28H,3,8-9,11,16-17H2,(H2,29,32)(H,30,34). The van der Waals surface area contributed by atoms with E-state index < -0.39 is 12.1 Å². The summed E-state index contributed by atoms with van der Waals surface area (Å²) in [5.41, 5.74) is 10.9. The summed E-state index contributed by atoms with van der Waals surface area (Å²) < 4.78 is 5.60. The van der Waals surface area contributed by atoms with E-state index in [1.165, 1.54) is 0 Å². The molecule has 1 aliphatic carbocycles. The molecule has 0 radical (unpaired) electrons. The largest absolute Gasteiger partial charge is 0.407 e. The SMILES string of the molecule is N=C(O/C(N)=N/C1N=C(C2=CC=CCC2)c2ccccc2NC1=O)c1ccccc1N1CCCC1. The Kier molecular flexibility index (Phi) is 6.43. The van der Waals surface area contributed by atoms with Gasteiger partial charge >= 0.3 is 0 Å². The highest BCUT2D eigenvalue weighted by Crippen LogP contribution is 2.28. The predicted molar refractivity (Wildman–Crippen MR) is 139 cm³/mol. The van der Waals surface area contributed by atoms with E-state index in [1.807, 2.05) is 60.7 Å². The van der Waals surface area contributed by atoms with Crippen LogP contribution in [0, 0.1) is 5.41 Å². The van der Waals surface area contributed by atoms with Crippen molar-refractivity contribution < 1.29 is 9.53 Å². The number of benzodiazepines with no additional fused rings is 1. The van der Waals surface area contributed by atoms with Gasteiger partial charge in [0.05, 0.1) is 17.0 Å². The maximum absolute atomic E-state index is 13.0. The summed E-state index contributed by atoms with van der Waals surface area (Å²) in [7, 11) is 0. The number of carbonyl (C=O) groups is 1. The Morgan fingerprint density at radius 1 is 1.14 bits per heavy atom. The number of hydrogen-bond acceptors (Lipinski definition) is 6. The van der Waals surface area contributed by atoms with Crippen molar-refractivity contribution in [1.82, 2.24) is 0 Å². The molecule has 5 rings (SSSR count). The molecule has 2 heterocycles. The Bertz CT molecular complexity index is 1270. The normalized spacial score (nSPS) is 19.9. The van der Waals surface area contributed by atoms with E-state index >= 15 is 0 Å². The molecule has 0 bridgehead atoms. The molecule has 1 amide bonds. The van der Waals surface area contributed by atoms with Gasteiger partial charge in [0.1, 0.15) is 0 Å². The molecule has 1 unspecified atom stereocenters. The van der Waals surface area contributed by atoms with Crippen molar-refractivity contribution >= 4 is 34.9 Å². The quantitative estimate of drug-likeness (QED) is 0.465. The number of para-hydroxylation sites is 2. The molecule has 8 nitrogen and oxygen atoms in total. The van der Waals surface area contributed by atoms with E-state index in [9.17, 15) is 4.79 Å². The average Bonchev–Trinajstić information content (AvgIpc) is 3.38. The van der Waals surface area contributed by atoms with Crippen molar-refractivity contribution in [3.63, 3.8) is 0 Å². The second kappa shape index (κ2) is 9.97. The Hall–Kier alpha value is -4.20. The van der Waals surface area contributed by atoms with Gasteiger partial charge in [0.15, 0.2) is 0 Å². The number of allylic oxidation sites excluding steroid dienone is 4. The molecule has 0 saturated carbocycles. The number of rotatable bonds is 4. The van der Waals surface area contributed by atoms with E-state index in [0.717, 1.165) is 55.6 Å². The Labute approximate surface area is 204 Å². The third-order valence-corrected chi connectivity index (χ3v) is 6.30. The summed E-state index contributed by atoms with van der Waals surface area (Å²) in [6, 6.07) is 14.9.